The quantitative estimate of drug-likeness (QED) is 0.687. The summed E-state index contributed by atoms with van der Waals surface area (Å²) in [7, 11) is 0. The van der Waals surface area contributed by atoms with Crippen LogP contribution >= 0.6 is 0 Å². The number of hydrogen-bond donors (Lipinski definition) is 1. The molecule has 0 aromatic heterocycles. The zero-order valence-electron chi connectivity index (χ0n) is 15.4. The van der Waals surface area contributed by atoms with Gasteiger partial charge in [0.1, 0.15) is 0 Å². The highest BCUT2D eigenvalue weighted by atomic mass is 15.1. The van der Waals surface area contributed by atoms with Gasteiger partial charge in [0.25, 0.3) is 0 Å². The third-order valence-electron chi connectivity index (χ3n) is 5.29. The van der Waals surface area contributed by atoms with E-state index in [1.165, 1.54) is 69.3 Å². The number of rotatable bonds is 9. The van der Waals surface area contributed by atoms with Crippen molar-refractivity contribution in [3.63, 3.8) is 0 Å². The lowest BCUT2D eigenvalue weighted by Gasteiger charge is -2.32. The molecule has 25 heavy (non-hydrogen) atoms. The molecule has 2 aromatic carbocycles. The average molecular weight is 337 g/mol. The Bertz CT molecular complexity index is 574. The lowest BCUT2D eigenvalue weighted by Crippen LogP contribution is -2.43. The van der Waals surface area contributed by atoms with Crippen LogP contribution in [0.3, 0.4) is 0 Å². The summed E-state index contributed by atoms with van der Waals surface area (Å²) in [6.07, 6.45) is 7.51. The molecular formula is C23H32N2. The molecule has 1 aliphatic heterocycles. The van der Waals surface area contributed by atoms with Crippen LogP contribution < -0.4 is 5.32 Å². The van der Waals surface area contributed by atoms with Crippen molar-refractivity contribution in [2.24, 2.45) is 0 Å². The summed E-state index contributed by atoms with van der Waals surface area (Å²) in [6.45, 7) is 4.90. The summed E-state index contributed by atoms with van der Waals surface area (Å²) in [6, 6.07) is 22.4. The van der Waals surface area contributed by atoms with E-state index in [4.69, 9.17) is 0 Å². The summed E-state index contributed by atoms with van der Waals surface area (Å²) in [5.41, 5.74) is 2.93. The molecule has 134 valence electrons. The molecule has 2 nitrogen and oxygen atoms in total. The highest BCUT2D eigenvalue weighted by molar-refractivity contribution is 5.15. The second-order valence-electron chi connectivity index (χ2n) is 7.25. The van der Waals surface area contributed by atoms with Crippen molar-refractivity contribution in [2.75, 3.05) is 26.2 Å². The maximum absolute atomic E-state index is 3.77. The first-order valence-corrected chi connectivity index (χ1v) is 9.94. The summed E-state index contributed by atoms with van der Waals surface area (Å²) in [5.74, 6) is 0. The van der Waals surface area contributed by atoms with Crippen LogP contribution in [0.2, 0.25) is 0 Å². The van der Waals surface area contributed by atoms with Crippen LogP contribution in [0, 0.1) is 0 Å². The number of nitrogens with zero attached hydrogens (tertiary/aromatic N) is 1. The van der Waals surface area contributed by atoms with E-state index in [0.29, 0.717) is 0 Å². The zero-order valence-corrected chi connectivity index (χ0v) is 15.4. The second-order valence-corrected chi connectivity index (χ2v) is 7.25. The number of hydrogen-bond acceptors (Lipinski definition) is 2. The average Bonchev–Trinajstić information content (AvgIpc) is 2.68. The fourth-order valence-electron chi connectivity index (χ4n) is 3.76. The molecule has 1 heterocycles. The molecule has 0 spiro atoms. The number of benzene rings is 2. The summed E-state index contributed by atoms with van der Waals surface area (Å²) >= 11 is 0. The normalized spacial score (nSPS) is 16.2. The predicted molar refractivity (Wildman–Crippen MR) is 107 cm³/mol. The van der Waals surface area contributed by atoms with Crippen LogP contribution in [-0.2, 0) is 12.8 Å². The van der Waals surface area contributed by atoms with E-state index in [2.05, 4.69) is 70.9 Å². The Morgan fingerprint density at radius 3 is 1.92 bits per heavy atom. The van der Waals surface area contributed by atoms with E-state index >= 15 is 0 Å². The molecule has 1 aliphatic rings. The molecule has 0 unspecified atom stereocenters. The Hall–Kier alpha value is -1.64. The van der Waals surface area contributed by atoms with Gasteiger partial charge >= 0.3 is 0 Å². The Morgan fingerprint density at radius 1 is 0.760 bits per heavy atom. The largest absolute Gasteiger partial charge is 0.314 e. The minimum Gasteiger partial charge on any atom is -0.314 e. The molecule has 2 aromatic rings. The van der Waals surface area contributed by atoms with Gasteiger partial charge in [-0.1, -0.05) is 60.7 Å². The van der Waals surface area contributed by atoms with Gasteiger partial charge in [-0.3, -0.25) is 0 Å². The lowest BCUT2D eigenvalue weighted by atomic mass is 10.0. The first kappa shape index (κ1) is 18.2. The minimum absolute atomic E-state index is 0.723. The maximum Gasteiger partial charge on any atom is 0.00914 e. The van der Waals surface area contributed by atoms with E-state index in [9.17, 15) is 0 Å². The van der Waals surface area contributed by atoms with Crippen LogP contribution in [0.5, 0.6) is 0 Å². The van der Waals surface area contributed by atoms with Crippen molar-refractivity contribution in [1.29, 1.82) is 0 Å². The topological polar surface area (TPSA) is 15.3 Å². The Labute approximate surface area is 153 Å². The number of aryl methyl sites for hydroxylation is 2. The molecule has 0 bridgehead atoms. The standard InChI is InChI=1S/C23H32N2/c1-3-9-21(10-4-1)13-7-17-24-23-15-19-25(20-16-23)18-8-14-22-11-5-2-6-12-22/h1-6,9-12,23-24H,7-8,13-20H2. The summed E-state index contributed by atoms with van der Waals surface area (Å²) < 4.78 is 0. The second kappa shape index (κ2) is 10.4. The Balaban J connectivity index is 1.23. The van der Waals surface area contributed by atoms with Crippen molar-refractivity contribution >= 4 is 0 Å². The van der Waals surface area contributed by atoms with Crippen molar-refractivity contribution in [2.45, 2.75) is 44.6 Å². The molecule has 1 fully saturated rings. The first-order valence-electron chi connectivity index (χ1n) is 9.94. The van der Waals surface area contributed by atoms with Gasteiger partial charge in [-0.2, -0.15) is 0 Å². The monoisotopic (exact) mass is 336 g/mol. The third-order valence-corrected chi connectivity index (χ3v) is 5.29. The lowest BCUT2D eigenvalue weighted by molar-refractivity contribution is 0.196. The van der Waals surface area contributed by atoms with Crippen LogP contribution in [0.1, 0.15) is 36.8 Å². The first-order chi connectivity index (χ1) is 12.4. The molecule has 0 amide bonds. The third kappa shape index (κ3) is 6.64. The van der Waals surface area contributed by atoms with Gasteiger partial charge < -0.3 is 10.2 Å². The van der Waals surface area contributed by atoms with Gasteiger partial charge in [-0.05, 0) is 75.8 Å². The highest BCUT2D eigenvalue weighted by Crippen LogP contribution is 2.12. The van der Waals surface area contributed by atoms with E-state index in [0.717, 1.165) is 12.6 Å². The number of piperidine rings is 1. The maximum atomic E-state index is 3.77. The summed E-state index contributed by atoms with van der Waals surface area (Å²) in [5, 5.41) is 3.77. The molecule has 0 saturated carbocycles. The van der Waals surface area contributed by atoms with E-state index in [1.54, 1.807) is 0 Å². The van der Waals surface area contributed by atoms with Crippen molar-refractivity contribution < 1.29 is 0 Å². The predicted octanol–water partition coefficient (Wildman–Crippen LogP) is 4.31. The smallest absolute Gasteiger partial charge is 0.00914 e. The fraction of sp³-hybridized carbons (Fsp3) is 0.478. The highest BCUT2D eigenvalue weighted by Gasteiger charge is 2.17. The van der Waals surface area contributed by atoms with Crippen molar-refractivity contribution in [3.8, 4) is 0 Å². The minimum atomic E-state index is 0.723. The van der Waals surface area contributed by atoms with Gasteiger partial charge in [-0.15, -0.1) is 0 Å². The molecule has 0 atom stereocenters. The SMILES string of the molecule is c1ccc(CCCNC2CCN(CCCc3ccccc3)CC2)cc1. The molecule has 0 aliphatic carbocycles. The number of likely N-dealkylation sites (tertiary alicyclic amines) is 1. The van der Waals surface area contributed by atoms with Crippen molar-refractivity contribution in [1.82, 2.24) is 10.2 Å². The van der Waals surface area contributed by atoms with Gasteiger partial charge in [-0.25, -0.2) is 0 Å². The molecule has 3 rings (SSSR count). The molecule has 2 heteroatoms. The number of nitrogens with one attached hydrogen (secondary N) is 1. The zero-order chi connectivity index (χ0) is 17.2. The summed E-state index contributed by atoms with van der Waals surface area (Å²) in [4.78, 5) is 2.64. The van der Waals surface area contributed by atoms with Crippen molar-refractivity contribution in [3.05, 3.63) is 71.8 Å². The molecular weight excluding hydrogens is 304 g/mol. The van der Waals surface area contributed by atoms with Crippen LogP contribution in [0.25, 0.3) is 0 Å². The molecule has 1 N–H and O–H groups in total. The van der Waals surface area contributed by atoms with E-state index < -0.39 is 0 Å². The Kier molecular flexibility index (Phi) is 7.54. The van der Waals surface area contributed by atoms with Crippen LogP contribution in [-0.4, -0.2) is 37.1 Å². The van der Waals surface area contributed by atoms with Crippen LogP contribution in [0.15, 0.2) is 60.7 Å². The van der Waals surface area contributed by atoms with Gasteiger partial charge in [0.05, 0.1) is 0 Å². The van der Waals surface area contributed by atoms with Gasteiger partial charge in [0.2, 0.25) is 0 Å². The van der Waals surface area contributed by atoms with Gasteiger partial charge in [0, 0.05) is 6.04 Å². The van der Waals surface area contributed by atoms with E-state index in [1.807, 2.05) is 0 Å². The fourth-order valence-corrected chi connectivity index (χ4v) is 3.76. The Morgan fingerprint density at radius 2 is 1.32 bits per heavy atom. The molecule has 0 radical (unpaired) electrons. The van der Waals surface area contributed by atoms with E-state index in [-0.39, 0.29) is 0 Å². The van der Waals surface area contributed by atoms with Gasteiger partial charge in [0.15, 0.2) is 0 Å². The van der Waals surface area contributed by atoms with Crippen LogP contribution in [0.4, 0.5) is 0 Å². The molecule has 1 saturated heterocycles.